The number of fused-ring (bicyclic) bond motifs is 1. The van der Waals surface area contributed by atoms with Crippen molar-refractivity contribution < 1.29 is 14.3 Å². The molecule has 5 nitrogen and oxygen atoms in total. The zero-order chi connectivity index (χ0) is 19.5. The fourth-order valence-electron chi connectivity index (χ4n) is 3.21. The molecule has 140 valence electrons. The van der Waals surface area contributed by atoms with Gasteiger partial charge in [-0.3, -0.25) is 10.1 Å². The normalized spacial score (nSPS) is 15.2. The fraction of sp³-hybridized carbons (Fsp3) is 0.0909. The largest absolute Gasteiger partial charge is 0.431 e. The highest BCUT2D eigenvalue weighted by Gasteiger charge is 2.39. The molecular weight excluding hydrogens is 376 g/mol. The van der Waals surface area contributed by atoms with E-state index in [0.717, 1.165) is 11.3 Å². The number of ether oxygens (including phenoxy) is 1. The zero-order valence-corrected chi connectivity index (χ0v) is 15.6. The smallest absolute Gasteiger partial charge is 0.412 e. The van der Waals surface area contributed by atoms with E-state index < -0.39 is 12.2 Å². The quantitative estimate of drug-likeness (QED) is 0.665. The van der Waals surface area contributed by atoms with Crippen LogP contribution >= 0.6 is 11.6 Å². The third kappa shape index (κ3) is 3.70. The lowest BCUT2D eigenvalue weighted by molar-refractivity contribution is -0.125. The molecule has 1 heterocycles. The first-order chi connectivity index (χ1) is 13.6. The number of amides is 2. The topological polar surface area (TPSA) is 58.6 Å². The Bertz CT molecular complexity index is 1020. The SMILES string of the molecule is O=C(Nc1cccc(Cl)c1)O[C@H]1C(=O)N(Cc2ccccc2)c2ccccc21. The second-order valence-corrected chi connectivity index (χ2v) is 6.83. The number of nitrogens with zero attached hydrogens (tertiary/aromatic N) is 1. The summed E-state index contributed by atoms with van der Waals surface area (Å²) in [4.78, 5) is 27.0. The van der Waals surface area contributed by atoms with E-state index in [9.17, 15) is 9.59 Å². The third-order valence-corrected chi connectivity index (χ3v) is 4.71. The number of anilines is 2. The Labute approximate surface area is 167 Å². The minimum atomic E-state index is -0.987. The highest BCUT2D eigenvalue weighted by Crippen LogP contribution is 2.39. The van der Waals surface area contributed by atoms with Crippen LogP contribution in [0.15, 0.2) is 78.9 Å². The Kier molecular flexibility index (Phi) is 5.00. The average molecular weight is 393 g/mol. The minimum Gasteiger partial charge on any atom is -0.431 e. The molecule has 0 saturated heterocycles. The van der Waals surface area contributed by atoms with Crippen molar-refractivity contribution >= 4 is 35.0 Å². The molecule has 3 aromatic rings. The average Bonchev–Trinajstić information content (AvgIpc) is 2.95. The molecule has 0 fully saturated rings. The first-order valence-corrected chi connectivity index (χ1v) is 9.17. The third-order valence-electron chi connectivity index (χ3n) is 4.48. The van der Waals surface area contributed by atoms with Crippen LogP contribution in [0, 0.1) is 0 Å². The van der Waals surface area contributed by atoms with Crippen molar-refractivity contribution in [2.24, 2.45) is 0 Å². The first-order valence-electron chi connectivity index (χ1n) is 8.79. The van der Waals surface area contributed by atoms with E-state index in [2.05, 4.69) is 5.32 Å². The predicted molar refractivity (Wildman–Crippen MR) is 108 cm³/mol. The van der Waals surface area contributed by atoms with Gasteiger partial charge >= 0.3 is 6.09 Å². The van der Waals surface area contributed by atoms with Crippen molar-refractivity contribution in [1.82, 2.24) is 0 Å². The summed E-state index contributed by atoms with van der Waals surface area (Å²) in [6.45, 7) is 0.409. The molecular formula is C22H17ClN2O3. The molecule has 0 bridgehead atoms. The molecule has 0 unspecified atom stereocenters. The van der Waals surface area contributed by atoms with Crippen molar-refractivity contribution in [2.45, 2.75) is 12.6 Å². The van der Waals surface area contributed by atoms with Crippen molar-refractivity contribution in [2.75, 3.05) is 10.2 Å². The van der Waals surface area contributed by atoms with Gasteiger partial charge in [-0.25, -0.2) is 4.79 Å². The van der Waals surface area contributed by atoms with Crippen LogP contribution in [-0.2, 0) is 16.1 Å². The van der Waals surface area contributed by atoms with Crippen LogP contribution in [0.25, 0.3) is 0 Å². The number of para-hydroxylation sites is 1. The molecule has 3 aromatic carbocycles. The molecule has 1 aliphatic rings. The molecule has 0 aromatic heterocycles. The van der Waals surface area contributed by atoms with E-state index in [1.54, 1.807) is 35.2 Å². The van der Waals surface area contributed by atoms with Gasteiger partial charge in [-0.2, -0.15) is 0 Å². The van der Waals surface area contributed by atoms with Crippen LogP contribution < -0.4 is 10.2 Å². The maximum atomic E-state index is 13.0. The minimum absolute atomic E-state index is 0.272. The maximum absolute atomic E-state index is 13.0. The Morgan fingerprint density at radius 3 is 2.54 bits per heavy atom. The number of halogens is 1. The number of nitrogens with one attached hydrogen (secondary N) is 1. The van der Waals surface area contributed by atoms with Gasteiger partial charge in [-0.05, 0) is 29.8 Å². The van der Waals surface area contributed by atoms with E-state index in [1.165, 1.54) is 0 Å². The van der Waals surface area contributed by atoms with Crippen LogP contribution in [0.2, 0.25) is 5.02 Å². The Hall–Kier alpha value is -3.31. The molecule has 0 saturated carbocycles. The van der Waals surface area contributed by atoms with Crippen molar-refractivity contribution in [3.63, 3.8) is 0 Å². The molecule has 1 atom stereocenters. The summed E-state index contributed by atoms with van der Waals surface area (Å²) in [6.07, 6.45) is -1.70. The molecule has 4 rings (SSSR count). The van der Waals surface area contributed by atoms with E-state index in [4.69, 9.17) is 16.3 Å². The molecule has 0 aliphatic carbocycles. The van der Waals surface area contributed by atoms with Gasteiger partial charge in [0.15, 0.2) is 0 Å². The van der Waals surface area contributed by atoms with E-state index in [0.29, 0.717) is 22.8 Å². The van der Waals surface area contributed by atoms with Gasteiger partial charge in [0.2, 0.25) is 6.10 Å². The Balaban J connectivity index is 1.54. The maximum Gasteiger partial charge on any atom is 0.412 e. The lowest BCUT2D eigenvalue weighted by Crippen LogP contribution is -2.30. The highest BCUT2D eigenvalue weighted by molar-refractivity contribution is 6.30. The molecule has 1 N–H and O–H groups in total. The number of benzene rings is 3. The number of carbonyl (C=O) groups is 2. The van der Waals surface area contributed by atoms with Gasteiger partial charge in [0, 0.05) is 16.3 Å². The molecule has 2 amide bonds. The zero-order valence-electron chi connectivity index (χ0n) is 14.8. The predicted octanol–water partition coefficient (Wildman–Crippen LogP) is 5.18. The van der Waals surface area contributed by atoms with Crippen LogP contribution in [0.4, 0.5) is 16.2 Å². The number of hydrogen-bond donors (Lipinski definition) is 1. The standard InChI is InChI=1S/C22H17ClN2O3/c23-16-9-6-10-17(13-16)24-22(27)28-20-18-11-4-5-12-19(18)25(21(20)26)14-15-7-2-1-3-8-15/h1-13,20H,14H2,(H,24,27)/t20-/m1/s1. The van der Waals surface area contributed by atoms with Gasteiger partial charge in [-0.1, -0.05) is 66.2 Å². The van der Waals surface area contributed by atoms with Gasteiger partial charge in [0.25, 0.3) is 5.91 Å². The molecule has 28 heavy (non-hydrogen) atoms. The van der Waals surface area contributed by atoms with Crippen molar-refractivity contribution in [3.05, 3.63) is 95.0 Å². The van der Waals surface area contributed by atoms with E-state index >= 15 is 0 Å². The molecule has 0 radical (unpaired) electrons. The monoisotopic (exact) mass is 392 g/mol. The summed E-state index contributed by atoms with van der Waals surface area (Å²) in [5.41, 5.74) is 2.91. The second kappa shape index (κ2) is 7.74. The summed E-state index contributed by atoms with van der Waals surface area (Å²) >= 11 is 5.93. The number of hydrogen-bond acceptors (Lipinski definition) is 3. The van der Waals surface area contributed by atoms with Crippen molar-refractivity contribution in [1.29, 1.82) is 0 Å². The number of carbonyl (C=O) groups excluding carboxylic acids is 2. The molecule has 1 aliphatic heterocycles. The first kappa shape index (κ1) is 18.1. The van der Waals surface area contributed by atoms with Gasteiger partial charge < -0.3 is 9.64 Å². The lowest BCUT2D eigenvalue weighted by Gasteiger charge is -2.18. The van der Waals surface area contributed by atoms with Gasteiger partial charge in [-0.15, -0.1) is 0 Å². The van der Waals surface area contributed by atoms with Gasteiger partial charge in [0.1, 0.15) is 0 Å². The fourth-order valence-corrected chi connectivity index (χ4v) is 3.40. The summed E-state index contributed by atoms with van der Waals surface area (Å²) in [6, 6.07) is 23.7. The van der Waals surface area contributed by atoms with Crippen LogP contribution in [-0.4, -0.2) is 12.0 Å². The highest BCUT2D eigenvalue weighted by atomic mass is 35.5. The van der Waals surface area contributed by atoms with E-state index in [-0.39, 0.29) is 5.91 Å². The van der Waals surface area contributed by atoms with E-state index in [1.807, 2.05) is 48.5 Å². The summed E-state index contributed by atoms with van der Waals surface area (Å²) in [5, 5.41) is 3.10. The van der Waals surface area contributed by atoms with Gasteiger partial charge in [0.05, 0.1) is 12.2 Å². The summed E-state index contributed by atoms with van der Waals surface area (Å²) in [7, 11) is 0. The van der Waals surface area contributed by atoms with Crippen LogP contribution in [0.3, 0.4) is 0 Å². The van der Waals surface area contributed by atoms with Crippen LogP contribution in [0.1, 0.15) is 17.2 Å². The molecule has 0 spiro atoms. The summed E-state index contributed by atoms with van der Waals surface area (Å²) < 4.78 is 5.48. The second-order valence-electron chi connectivity index (χ2n) is 6.39. The molecule has 6 heteroatoms. The Morgan fingerprint density at radius 2 is 1.75 bits per heavy atom. The summed E-state index contributed by atoms with van der Waals surface area (Å²) in [5.74, 6) is -0.272. The Morgan fingerprint density at radius 1 is 1.00 bits per heavy atom. The van der Waals surface area contributed by atoms with Crippen LogP contribution in [0.5, 0.6) is 0 Å². The lowest BCUT2D eigenvalue weighted by atomic mass is 10.1. The number of rotatable bonds is 4. The van der Waals surface area contributed by atoms with Crippen molar-refractivity contribution in [3.8, 4) is 0 Å².